The predicted octanol–water partition coefficient (Wildman–Crippen LogP) is 7.08. The molecule has 0 aliphatic carbocycles. The fourth-order valence-electron chi connectivity index (χ4n) is 4.65. The van der Waals surface area contributed by atoms with Crippen molar-refractivity contribution in [2.75, 3.05) is 0 Å². The quantitative estimate of drug-likeness (QED) is 0.200. The second kappa shape index (κ2) is 5.15. The molecule has 0 amide bonds. The molecule has 104 valence electrons. The van der Waals surface area contributed by atoms with Crippen LogP contribution in [0.3, 0.4) is 0 Å². The topological polar surface area (TPSA) is 0 Å². The predicted molar refractivity (Wildman–Crippen MR) is 103 cm³/mol. The van der Waals surface area contributed by atoms with Crippen molar-refractivity contribution in [1.29, 1.82) is 0 Å². The molecule has 0 atom stereocenters. The Morgan fingerprint density at radius 2 is 0.824 bits per heavy atom. The maximum absolute atomic E-state index is 4.11. The monoisotopic (exact) mass is 512 g/mol. The van der Waals surface area contributed by atoms with Crippen molar-refractivity contribution >= 4 is 62.3 Å². The zero-order valence-electron chi connectivity index (χ0n) is 12.6. The lowest BCUT2D eigenvalue weighted by molar-refractivity contribution is 0.556. The van der Waals surface area contributed by atoms with Crippen molar-refractivity contribution < 1.29 is 0 Å². The first-order valence-corrected chi connectivity index (χ1v) is 18.7. The molecule has 0 saturated heterocycles. The van der Waals surface area contributed by atoms with Crippen LogP contribution in [0, 0.1) is 0 Å². The molecule has 0 aromatic carbocycles. The number of hydrogen-bond donors (Lipinski definition) is 0. The lowest BCUT2D eigenvalue weighted by atomic mass is 10.2. The Kier molecular flexibility index (Phi) is 5.79. The third kappa shape index (κ3) is 3.24. The molecule has 0 nitrogen and oxygen atoms in total. The van der Waals surface area contributed by atoms with Gasteiger partial charge >= 0.3 is 0 Å². The molecule has 0 aliphatic rings. The van der Waals surface area contributed by atoms with Gasteiger partial charge in [-0.05, 0) is 15.1 Å². The molecule has 0 fully saturated rings. The summed E-state index contributed by atoms with van der Waals surface area (Å²) in [6.07, 6.45) is 0. The molecule has 0 rings (SSSR count). The van der Waals surface area contributed by atoms with E-state index in [0.29, 0.717) is 15.1 Å². The van der Waals surface area contributed by atoms with Gasteiger partial charge in [-0.1, -0.05) is 84.1 Å². The summed E-state index contributed by atoms with van der Waals surface area (Å²) < 4.78 is -1.61. The minimum Gasteiger partial charge on any atom is -0.101 e. The lowest BCUT2D eigenvalue weighted by Crippen LogP contribution is -2.69. The van der Waals surface area contributed by atoms with Crippen LogP contribution in [0.15, 0.2) is 0 Å². The van der Waals surface area contributed by atoms with E-state index in [1.54, 1.807) is 0 Å². The maximum Gasteiger partial charge on any atom is 0.251 e. The summed E-state index contributed by atoms with van der Waals surface area (Å²) in [5.74, 6) is 0. The number of halogens is 3. The van der Waals surface area contributed by atoms with Gasteiger partial charge in [0.1, 0.15) is 7.59 Å². The van der Waals surface area contributed by atoms with E-state index in [2.05, 4.69) is 115 Å². The van der Waals surface area contributed by atoms with E-state index in [1.807, 2.05) is 0 Å². The largest absolute Gasteiger partial charge is 0.251 e. The third-order valence-electron chi connectivity index (χ3n) is 3.80. The molecule has 0 aromatic rings. The van der Waals surface area contributed by atoms with E-state index in [9.17, 15) is 0 Å². The Bertz CT molecular complexity index is 215. The van der Waals surface area contributed by atoms with Crippen LogP contribution in [-0.4, -0.2) is 9.92 Å². The highest BCUT2D eigenvalue weighted by Gasteiger charge is 2.69. The molecule has 17 heavy (non-hydrogen) atoms. The standard InChI is InChI=1S/C12H27Br2ISi2/c1-10(2,3)16(11(4,5)6,12(7,8)9)17(13,14)15/h1-9H3. The van der Waals surface area contributed by atoms with Gasteiger partial charge < -0.3 is 0 Å². The summed E-state index contributed by atoms with van der Waals surface area (Å²) in [5, 5.41) is 1.09. The van der Waals surface area contributed by atoms with Gasteiger partial charge in [-0.3, -0.25) is 0 Å². The fraction of sp³-hybridized carbons (Fsp3) is 1.00. The Balaban J connectivity index is 6.37. The first-order chi connectivity index (χ1) is 7.00. The molecule has 0 N–H and O–H groups in total. The van der Waals surface area contributed by atoms with Crippen LogP contribution in [0.1, 0.15) is 62.3 Å². The van der Waals surface area contributed by atoms with Gasteiger partial charge in [0.2, 0.25) is 0 Å². The van der Waals surface area contributed by atoms with Gasteiger partial charge in [-0.2, -0.15) is 0 Å². The Morgan fingerprint density at radius 1 is 0.647 bits per heavy atom. The van der Waals surface area contributed by atoms with Crippen molar-refractivity contribution in [3.05, 3.63) is 0 Å². The minimum atomic E-state index is -1.64. The third-order valence-corrected chi connectivity index (χ3v) is 38.7. The van der Waals surface area contributed by atoms with Gasteiger partial charge in [0.05, 0.1) is 0 Å². The maximum atomic E-state index is 4.11. The lowest BCUT2D eigenvalue weighted by Gasteiger charge is -2.62. The van der Waals surface area contributed by atoms with E-state index in [-0.39, 0.29) is 0 Å². The minimum absolute atomic E-state index is 0.365. The summed E-state index contributed by atoms with van der Waals surface area (Å²) in [7, 11) is -1.64. The molecular weight excluding hydrogens is 487 g/mol. The molecule has 0 unspecified atom stereocenters. The van der Waals surface area contributed by atoms with Crippen molar-refractivity contribution in [3.63, 3.8) is 0 Å². The van der Waals surface area contributed by atoms with E-state index in [4.69, 9.17) is 0 Å². The van der Waals surface area contributed by atoms with Crippen molar-refractivity contribution in [3.8, 4) is 0 Å². The SMILES string of the molecule is CC(C)(C)[Si](C(C)(C)C)(C(C)(C)C)[Si](Br)(Br)I. The van der Waals surface area contributed by atoms with Crippen molar-refractivity contribution in [1.82, 2.24) is 0 Å². The number of rotatable bonds is 1. The normalized spacial score (nSPS) is 16.2. The summed E-state index contributed by atoms with van der Waals surface area (Å²) in [6.45, 7) is 22.0. The molecular formula is C12H27Br2ISi2. The van der Waals surface area contributed by atoms with Crippen molar-refractivity contribution in [2.45, 2.75) is 77.4 Å². The van der Waals surface area contributed by atoms with Crippen LogP contribution in [0.2, 0.25) is 15.1 Å². The van der Waals surface area contributed by atoms with E-state index < -0.39 is 9.92 Å². The average molecular weight is 514 g/mol. The first-order valence-electron chi connectivity index (χ1n) is 6.07. The number of hydrogen-bond acceptors (Lipinski definition) is 0. The molecule has 0 heterocycles. The zero-order chi connectivity index (χ0) is 14.5. The first kappa shape index (κ1) is 19.1. The highest BCUT2D eigenvalue weighted by Crippen LogP contribution is 2.69. The molecule has 0 saturated carbocycles. The van der Waals surface area contributed by atoms with Crippen LogP contribution in [-0.2, 0) is 0 Å². The highest BCUT2D eigenvalue weighted by molar-refractivity contribution is 14.1. The summed E-state index contributed by atoms with van der Waals surface area (Å²) in [4.78, 5) is 0. The van der Waals surface area contributed by atoms with E-state index in [1.165, 1.54) is 0 Å². The summed E-state index contributed by atoms with van der Waals surface area (Å²) in [6, 6.07) is 0. The van der Waals surface area contributed by atoms with E-state index >= 15 is 0 Å². The van der Waals surface area contributed by atoms with Crippen LogP contribution in [0.4, 0.5) is 0 Å². The van der Waals surface area contributed by atoms with Gasteiger partial charge in [0.15, 0.2) is 0 Å². The molecule has 0 radical (unpaired) electrons. The van der Waals surface area contributed by atoms with Gasteiger partial charge in [-0.25, -0.2) is 0 Å². The molecule has 0 aromatic heterocycles. The average Bonchev–Trinajstić information content (AvgIpc) is 1.67. The molecule has 0 bridgehead atoms. The van der Waals surface area contributed by atoms with Crippen LogP contribution < -0.4 is 0 Å². The summed E-state index contributed by atoms with van der Waals surface area (Å²) in [5.41, 5.74) is 0. The second-order valence-corrected chi connectivity index (χ2v) is 51.0. The van der Waals surface area contributed by atoms with Crippen molar-refractivity contribution in [2.24, 2.45) is 0 Å². The van der Waals surface area contributed by atoms with Crippen LogP contribution >= 0.6 is 52.4 Å². The van der Waals surface area contributed by atoms with E-state index in [0.717, 1.165) is 0 Å². The Labute approximate surface area is 138 Å². The molecule has 0 aliphatic heterocycles. The second-order valence-electron chi connectivity index (χ2n) is 8.00. The van der Waals surface area contributed by atoms with Gasteiger partial charge in [0, 0.05) is 0 Å². The van der Waals surface area contributed by atoms with Crippen LogP contribution in [0.5, 0.6) is 0 Å². The molecule has 5 heteroatoms. The van der Waals surface area contributed by atoms with Gasteiger partial charge in [-0.15, -0.1) is 30.6 Å². The fourth-order valence-corrected chi connectivity index (χ4v) is 75.6. The summed E-state index contributed by atoms with van der Waals surface area (Å²) >= 11 is 10.9. The van der Waals surface area contributed by atoms with Crippen LogP contribution in [0.25, 0.3) is 0 Å². The smallest absolute Gasteiger partial charge is 0.101 e. The Morgan fingerprint density at radius 3 is 0.824 bits per heavy atom. The van der Waals surface area contributed by atoms with Gasteiger partial charge in [0.25, 0.3) is 2.33 Å². The zero-order valence-corrected chi connectivity index (χ0v) is 20.0. The Hall–Kier alpha value is 2.12. The molecule has 0 spiro atoms. The highest BCUT2D eigenvalue weighted by atomic mass is 127.